The minimum atomic E-state index is -0.362. The third-order valence-corrected chi connectivity index (χ3v) is 9.28. The van der Waals surface area contributed by atoms with Gasteiger partial charge in [0.25, 0.3) is 0 Å². The van der Waals surface area contributed by atoms with Crippen molar-refractivity contribution in [2.75, 3.05) is 13.2 Å². The lowest BCUT2D eigenvalue weighted by Gasteiger charge is -2.14. The normalized spacial score (nSPS) is 11.9. The zero-order chi connectivity index (χ0) is 33.6. The molecule has 0 fully saturated rings. The van der Waals surface area contributed by atoms with Gasteiger partial charge in [-0.15, -0.1) is 0 Å². The summed E-state index contributed by atoms with van der Waals surface area (Å²) in [5, 5.41) is 0. The second-order valence-corrected chi connectivity index (χ2v) is 13.6. The lowest BCUT2D eigenvalue weighted by atomic mass is 10.0. The van der Waals surface area contributed by atoms with Gasteiger partial charge < -0.3 is 14.2 Å². The maximum Gasteiger partial charge on any atom is 0.343 e. The van der Waals surface area contributed by atoms with Gasteiger partial charge in [-0.1, -0.05) is 167 Å². The Hall–Kier alpha value is -2.33. The van der Waals surface area contributed by atoms with E-state index in [-0.39, 0.29) is 12.1 Å². The summed E-state index contributed by atoms with van der Waals surface area (Å²) in [4.78, 5) is 12.6. The summed E-state index contributed by atoms with van der Waals surface area (Å²) in [6.07, 6.45) is 32.4. The molecule has 0 spiro atoms. The number of benzene rings is 2. The lowest BCUT2D eigenvalue weighted by molar-refractivity contribution is 0.0627. The first-order chi connectivity index (χ1) is 23.1. The Labute approximate surface area is 289 Å². The van der Waals surface area contributed by atoms with Crippen molar-refractivity contribution in [2.45, 2.75) is 181 Å². The van der Waals surface area contributed by atoms with Gasteiger partial charge in [0.05, 0.1) is 18.3 Å². The Morgan fingerprint density at radius 3 is 1.32 bits per heavy atom. The summed E-state index contributed by atoms with van der Waals surface area (Å²) in [6.45, 7) is 8.11. The number of carbonyl (C=O) groups excluding carboxylic acids is 1. The molecule has 0 radical (unpaired) electrons. The molecule has 1 unspecified atom stereocenters. The van der Waals surface area contributed by atoms with Crippen molar-refractivity contribution in [3.8, 4) is 11.5 Å². The van der Waals surface area contributed by atoms with Crippen LogP contribution in [0.15, 0.2) is 48.5 Å². The van der Waals surface area contributed by atoms with Gasteiger partial charge in [-0.25, -0.2) is 4.79 Å². The molecular weight excluding hydrogens is 580 g/mol. The molecule has 0 bridgehead atoms. The lowest BCUT2D eigenvalue weighted by Crippen LogP contribution is -2.09. The summed E-state index contributed by atoms with van der Waals surface area (Å²) in [7, 11) is 0. The molecule has 4 heteroatoms. The molecule has 0 amide bonds. The Balaban J connectivity index is 1.45. The Bertz CT molecular complexity index is 984. The van der Waals surface area contributed by atoms with Crippen LogP contribution in [0.25, 0.3) is 0 Å². The van der Waals surface area contributed by atoms with Crippen LogP contribution in [0.4, 0.5) is 0 Å². The van der Waals surface area contributed by atoms with Gasteiger partial charge in [-0.05, 0) is 61.7 Å². The Kier molecular flexibility index (Phi) is 24.9. The molecular formula is C43H70O4. The van der Waals surface area contributed by atoms with Crippen LogP contribution in [-0.4, -0.2) is 19.2 Å². The summed E-state index contributed by atoms with van der Waals surface area (Å²) in [5.41, 5.74) is 1.61. The van der Waals surface area contributed by atoms with Gasteiger partial charge in [0.2, 0.25) is 0 Å². The number of ether oxygens (including phenoxy) is 3. The highest BCUT2D eigenvalue weighted by atomic mass is 16.5. The van der Waals surface area contributed by atoms with Crippen molar-refractivity contribution in [3.05, 3.63) is 59.7 Å². The Morgan fingerprint density at radius 2 is 0.872 bits per heavy atom. The first-order valence-electron chi connectivity index (χ1n) is 19.8. The maximum absolute atomic E-state index is 12.6. The van der Waals surface area contributed by atoms with Crippen LogP contribution in [0.5, 0.6) is 11.5 Å². The smallest absolute Gasteiger partial charge is 0.343 e. The van der Waals surface area contributed by atoms with E-state index in [4.69, 9.17) is 14.2 Å². The highest BCUT2D eigenvalue weighted by Crippen LogP contribution is 2.22. The van der Waals surface area contributed by atoms with E-state index in [0.29, 0.717) is 17.9 Å². The highest BCUT2D eigenvalue weighted by molar-refractivity contribution is 5.91. The fraction of sp³-hybridized carbons (Fsp3) is 0.698. The van der Waals surface area contributed by atoms with E-state index in [9.17, 15) is 4.79 Å². The van der Waals surface area contributed by atoms with E-state index in [1.54, 1.807) is 12.1 Å². The first kappa shape index (κ1) is 40.8. The molecule has 4 nitrogen and oxygen atoms in total. The average Bonchev–Trinajstić information content (AvgIpc) is 3.09. The van der Waals surface area contributed by atoms with Crippen LogP contribution in [0, 0.1) is 0 Å². The molecule has 0 aliphatic rings. The minimum absolute atomic E-state index is 0.0226. The van der Waals surface area contributed by atoms with Crippen LogP contribution in [0.3, 0.4) is 0 Å². The zero-order valence-corrected chi connectivity index (χ0v) is 30.7. The third kappa shape index (κ3) is 21.3. The molecule has 2 aromatic carbocycles. The summed E-state index contributed by atoms with van der Waals surface area (Å²) < 4.78 is 17.5. The van der Waals surface area contributed by atoms with Crippen molar-refractivity contribution in [3.63, 3.8) is 0 Å². The topological polar surface area (TPSA) is 44.8 Å². The number of hydrogen-bond acceptors (Lipinski definition) is 4. The van der Waals surface area contributed by atoms with Gasteiger partial charge >= 0.3 is 5.97 Å². The highest BCUT2D eigenvalue weighted by Gasteiger charge is 2.11. The SMILES string of the molecule is CCCCCCCCCCCCCCCCCCCCOC(C)c1ccc(OC(=O)c2ccc(OCCCCCCCC)cc2)cc1. The molecule has 266 valence electrons. The third-order valence-electron chi connectivity index (χ3n) is 9.28. The molecule has 2 aromatic rings. The maximum atomic E-state index is 12.6. The molecule has 0 saturated carbocycles. The summed E-state index contributed by atoms with van der Waals surface area (Å²) in [6, 6.07) is 14.9. The number of esters is 1. The average molecular weight is 651 g/mol. The standard InChI is InChI=1S/C43H70O4/c1-4-6-8-10-12-13-14-15-16-17-18-19-20-21-22-23-25-26-36-45-38(3)39-28-34-42(35-29-39)47-43(44)40-30-32-41(33-31-40)46-37-27-24-11-9-7-5-2/h28-35,38H,4-27,36-37H2,1-3H3. The minimum Gasteiger partial charge on any atom is -0.494 e. The van der Waals surface area contributed by atoms with E-state index < -0.39 is 0 Å². The Morgan fingerprint density at radius 1 is 0.489 bits per heavy atom. The van der Waals surface area contributed by atoms with E-state index in [2.05, 4.69) is 20.8 Å². The van der Waals surface area contributed by atoms with Gasteiger partial charge in [-0.3, -0.25) is 0 Å². The van der Waals surface area contributed by atoms with Gasteiger partial charge in [0.1, 0.15) is 11.5 Å². The predicted molar refractivity (Wildman–Crippen MR) is 200 cm³/mol. The number of carbonyl (C=O) groups is 1. The van der Waals surface area contributed by atoms with Gasteiger partial charge in [0.15, 0.2) is 0 Å². The fourth-order valence-corrected chi connectivity index (χ4v) is 6.09. The van der Waals surface area contributed by atoms with Crippen LogP contribution >= 0.6 is 0 Å². The summed E-state index contributed by atoms with van der Waals surface area (Å²) >= 11 is 0. The molecule has 2 rings (SSSR count). The van der Waals surface area contributed by atoms with Gasteiger partial charge in [0, 0.05) is 6.61 Å². The van der Waals surface area contributed by atoms with Crippen molar-refractivity contribution in [1.29, 1.82) is 0 Å². The second kappa shape index (κ2) is 28.7. The number of rotatable bonds is 31. The van der Waals surface area contributed by atoms with E-state index >= 15 is 0 Å². The molecule has 47 heavy (non-hydrogen) atoms. The zero-order valence-electron chi connectivity index (χ0n) is 30.7. The summed E-state index contributed by atoms with van der Waals surface area (Å²) in [5.74, 6) is 0.968. The molecule has 0 N–H and O–H groups in total. The largest absolute Gasteiger partial charge is 0.494 e. The molecule has 1 atom stereocenters. The second-order valence-electron chi connectivity index (χ2n) is 13.6. The molecule has 0 saturated heterocycles. The van der Waals surface area contributed by atoms with E-state index in [0.717, 1.165) is 30.8 Å². The van der Waals surface area contributed by atoms with E-state index in [1.165, 1.54) is 141 Å². The molecule has 0 aliphatic carbocycles. The number of unbranched alkanes of at least 4 members (excludes halogenated alkanes) is 22. The molecule has 0 heterocycles. The van der Waals surface area contributed by atoms with Crippen LogP contribution in [-0.2, 0) is 4.74 Å². The van der Waals surface area contributed by atoms with Crippen LogP contribution in [0.2, 0.25) is 0 Å². The van der Waals surface area contributed by atoms with Crippen LogP contribution < -0.4 is 9.47 Å². The van der Waals surface area contributed by atoms with Gasteiger partial charge in [-0.2, -0.15) is 0 Å². The molecule has 0 aliphatic heterocycles. The monoisotopic (exact) mass is 651 g/mol. The quantitative estimate of drug-likeness (QED) is 0.0463. The predicted octanol–water partition coefficient (Wildman–Crippen LogP) is 13.8. The number of hydrogen-bond donors (Lipinski definition) is 0. The van der Waals surface area contributed by atoms with Crippen molar-refractivity contribution in [2.24, 2.45) is 0 Å². The first-order valence-corrected chi connectivity index (χ1v) is 19.8. The fourth-order valence-electron chi connectivity index (χ4n) is 6.09. The van der Waals surface area contributed by atoms with Crippen molar-refractivity contribution in [1.82, 2.24) is 0 Å². The van der Waals surface area contributed by atoms with Crippen molar-refractivity contribution < 1.29 is 19.0 Å². The molecule has 0 aromatic heterocycles. The van der Waals surface area contributed by atoms with Crippen LogP contribution in [0.1, 0.15) is 197 Å². The van der Waals surface area contributed by atoms with Crippen molar-refractivity contribution >= 4 is 5.97 Å². The van der Waals surface area contributed by atoms with E-state index in [1.807, 2.05) is 36.4 Å².